The van der Waals surface area contributed by atoms with Crippen LogP contribution in [0.2, 0.25) is 0 Å². The third-order valence-corrected chi connectivity index (χ3v) is 3.97. The minimum absolute atomic E-state index is 0.0213. The average Bonchev–Trinajstić information content (AvgIpc) is 2.41. The third-order valence-electron chi connectivity index (χ3n) is 2.61. The van der Waals surface area contributed by atoms with E-state index in [1.807, 2.05) is 12.1 Å². The number of phenols is 1. The van der Waals surface area contributed by atoms with Crippen LogP contribution in [0.3, 0.4) is 0 Å². The molecule has 0 bridgehead atoms. The van der Waals surface area contributed by atoms with E-state index in [1.165, 1.54) is 13.2 Å². The maximum atomic E-state index is 12.2. The summed E-state index contributed by atoms with van der Waals surface area (Å²) in [6.07, 6.45) is 0. The predicted octanol–water partition coefficient (Wildman–Crippen LogP) is 4.02. The van der Waals surface area contributed by atoms with Crippen molar-refractivity contribution >= 4 is 50.1 Å². The molecular weight excluding hydrogens is 437 g/mol. The maximum absolute atomic E-state index is 12.2. The summed E-state index contributed by atoms with van der Waals surface area (Å²) in [5.41, 5.74) is 1.03. The molecule has 0 aliphatic heterocycles. The van der Waals surface area contributed by atoms with Crippen molar-refractivity contribution in [1.29, 1.82) is 0 Å². The second kappa shape index (κ2) is 6.45. The minimum Gasteiger partial charge on any atom is -0.504 e. The lowest BCUT2D eigenvalue weighted by Gasteiger charge is -2.09. The molecule has 0 radical (unpaired) electrons. The fourth-order valence-electron chi connectivity index (χ4n) is 1.64. The molecule has 0 unspecified atom stereocenters. The normalized spacial score (nSPS) is 10.2. The van der Waals surface area contributed by atoms with Crippen LogP contribution in [0.1, 0.15) is 10.4 Å². The van der Waals surface area contributed by atoms with Gasteiger partial charge in [-0.2, -0.15) is 0 Å². The highest BCUT2D eigenvalue weighted by molar-refractivity contribution is 14.1. The molecule has 20 heavy (non-hydrogen) atoms. The van der Waals surface area contributed by atoms with Gasteiger partial charge in [0.2, 0.25) is 0 Å². The number of hydrogen-bond donors (Lipinski definition) is 2. The van der Waals surface area contributed by atoms with Gasteiger partial charge in [-0.15, -0.1) is 0 Å². The Labute approximate surface area is 138 Å². The number of aromatic hydroxyl groups is 1. The molecule has 0 atom stereocenters. The molecule has 0 saturated heterocycles. The Bertz CT molecular complexity index is 661. The number of carbonyl (C=O) groups is 1. The zero-order chi connectivity index (χ0) is 14.7. The molecule has 2 aromatic carbocycles. The van der Waals surface area contributed by atoms with Gasteiger partial charge in [-0.1, -0.05) is 0 Å². The van der Waals surface area contributed by atoms with Gasteiger partial charge in [0.15, 0.2) is 11.5 Å². The highest BCUT2D eigenvalue weighted by atomic mass is 127. The fourth-order valence-corrected chi connectivity index (χ4v) is 2.56. The van der Waals surface area contributed by atoms with Gasteiger partial charge in [0.25, 0.3) is 5.91 Å². The summed E-state index contributed by atoms with van der Waals surface area (Å²) >= 11 is 5.49. The Balaban J connectivity index is 2.23. The van der Waals surface area contributed by atoms with Crippen LogP contribution in [0.4, 0.5) is 5.69 Å². The van der Waals surface area contributed by atoms with Gasteiger partial charge in [0.05, 0.1) is 12.7 Å². The van der Waals surface area contributed by atoms with E-state index in [0.717, 1.165) is 3.57 Å². The van der Waals surface area contributed by atoms with Crippen molar-refractivity contribution in [2.45, 2.75) is 0 Å². The van der Waals surface area contributed by atoms with Crippen LogP contribution in [-0.2, 0) is 0 Å². The Hall–Kier alpha value is -1.28. The molecular formula is C14H11BrINO3. The fraction of sp³-hybridized carbons (Fsp3) is 0.0714. The van der Waals surface area contributed by atoms with Crippen LogP contribution < -0.4 is 10.1 Å². The van der Waals surface area contributed by atoms with Gasteiger partial charge < -0.3 is 15.2 Å². The lowest BCUT2D eigenvalue weighted by atomic mass is 10.2. The van der Waals surface area contributed by atoms with Crippen molar-refractivity contribution in [3.63, 3.8) is 0 Å². The summed E-state index contributed by atoms with van der Waals surface area (Å²) in [6, 6.07) is 10.2. The first-order chi connectivity index (χ1) is 9.51. The number of amides is 1. The minimum atomic E-state index is -0.250. The molecule has 0 spiro atoms. The second-order valence-corrected chi connectivity index (χ2v) is 6.06. The number of benzene rings is 2. The van der Waals surface area contributed by atoms with Gasteiger partial charge in [-0.3, -0.25) is 4.79 Å². The van der Waals surface area contributed by atoms with Crippen molar-refractivity contribution in [3.8, 4) is 11.5 Å². The maximum Gasteiger partial charge on any atom is 0.256 e. The predicted molar refractivity (Wildman–Crippen MR) is 89.5 cm³/mol. The van der Waals surface area contributed by atoms with Crippen LogP contribution in [0, 0.1) is 3.57 Å². The van der Waals surface area contributed by atoms with Gasteiger partial charge >= 0.3 is 0 Å². The number of halogens is 2. The number of rotatable bonds is 3. The van der Waals surface area contributed by atoms with Crippen molar-refractivity contribution in [2.24, 2.45) is 0 Å². The Kier molecular flexibility index (Phi) is 4.87. The molecule has 104 valence electrons. The number of anilines is 1. The van der Waals surface area contributed by atoms with Crippen LogP contribution in [0.5, 0.6) is 11.5 Å². The molecule has 0 aromatic heterocycles. The van der Waals surface area contributed by atoms with E-state index in [1.54, 1.807) is 18.2 Å². The molecule has 1 amide bonds. The highest BCUT2D eigenvalue weighted by Gasteiger charge is 2.12. The molecule has 2 rings (SSSR count). The lowest BCUT2D eigenvalue weighted by Crippen LogP contribution is -2.12. The second-order valence-electron chi connectivity index (χ2n) is 3.96. The number of carbonyl (C=O) groups excluding carboxylic acids is 1. The number of hydrogen-bond acceptors (Lipinski definition) is 3. The smallest absolute Gasteiger partial charge is 0.256 e. The van der Waals surface area contributed by atoms with Gasteiger partial charge in [-0.05, 0) is 68.9 Å². The molecule has 0 aliphatic rings. The van der Waals surface area contributed by atoms with Crippen molar-refractivity contribution < 1.29 is 14.6 Å². The highest BCUT2D eigenvalue weighted by Crippen LogP contribution is 2.29. The standard InChI is InChI=1S/C14H11BrINO3/c1-20-13-5-3-9(7-12(13)18)17-14(19)10-6-8(16)2-4-11(10)15/h2-7,18H,1H3,(H,17,19). The molecule has 2 N–H and O–H groups in total. The number of methoxy groups -OCH3 is 1. The van der Waals surface area contributed by atoms with Gasteiger partial charge in [0.1, 0.15) is 0 Å². The Morgan fingerprint density at radius 1 is 1.30 bits per heavy atom. The summed E-state index contributed by atoms with van der Waals surface area (Å²) < 4.78 is 6.64. The Morgan fingerprint density at radius 3 is 2.70 bits per heavy atom. The molecule has 4 nitrogen and oxygen atoms in total. The molecule has 0 saturated carbocycles. The third kappa shape index (κ3) is 3.43. The molecule has 0 aliphatic carbocycles. The number of phenolic OH excluding ortho intramolecular Hbond substituents is 1. The zero-order valence-electron chi connectivity index (χ0n) is 10.5. The van der Waals surface area contributed by atoms with Crippen LogP contribution in [0.25, 0.3) is 0 Å². The summed E-state index contributed by atoms with van der Waals surface area (Å²) in [5.74, 6) is 0.0883. The topological polar surface area (TPSA) is 58.6 Å². The average molecular weight is 448 g/mol. The van der Waals surface area contributed by atoms with Crippen LogP contribution in [0.15, 0.2) is 40.9 Å². The van der Waals surface area contributed by atoms with Crippen molar-refractivity contribution in [3.05, 3.63) is 50.0 Å². The quantitative estimate of drug-likeness (QED) is 0.698. The summed E-state index contributed by atoms with van der Waals surface area (Å²) in [4.78, 5) is 12.2. The van der Waals surface area contributed by atoms with E-state index in [2.05, 4.69) is 43.8 Å². The van der Waals surface area contributed by atoms with Crippen LogP contribution >= 0.6 is 38.5 Å². The van der Waals surface area contributed by atoms with Crippen LogP contribution in [-0.4, -0.2) is 18.1 Å². The van der Waals surface area contributed by atoms with E-state index in [-0.39, 0.29) is 11.7 Å². The molecule has 6 heteroatoms. The van der Waals surface area contributed by atoms with E-state index in [4.69, 9.17) is 4.74 Å². The van der Waals surface area contributed by atoms with Gasteiger partial charge in [0, 0.05) is 19.8 Å². The lowest BCUT2D eigenvalue weighted by molar-refractivity contribution is 0.102. The largest absolute Gasteiger partial charge is 0.504 e. The summed E-state index contributed by atoms with van der Waals surface area (Å²) in [7, 11) is 1.47. The van der Waals surface area contributed by atoms with Gasteiger partial charge in [-0.25, -0.2) is 0 Å². The van der Waals surface area contributed by atoms with Crippen molar-refractivity contribution in [1.82, 2.24) is 0 Å². The molecule has 2 aromatic rings. The SMILES string of the molecule is COc1ccc(NC(=O)c2cc(I)ccc2Br)cc1O. The van der Waals surface area contributed by atoms with E-state index < -0.39 is 0 Å². The van der Waals surface area contributed by atoms with E-state index >= 15 is 0 Å². The van der Waals surface area contributed by atoms with E-state index in [9.17, 15) is 9.90 Å². The number of ether oxygens (including phenoxy) is 1. The van der Waals surface area contributed by atoms with Crippen molar-refractivity contribution in [2.75, 3.05) is 12.4 Å². The molecule has 0 fully saturated rings. The zero-order valence-corrected chi connectivity index (χ0v) is 14.2. The first-order valence-corrected chi connectivity index (χ1v) is 7.52. The van der Waals surface area contributed by atoms with E-state index in [0.29, 0.717) is 21.5 Å². The number of nitrogens with one attached hydrogen (secondary N) is 1. The summed E-state index contributed by atoms with van der Waals surface area (Å²) in [5, 5.41) is 12.4. The summed E-state index contributed by atoms with van der Waals surface area (Å²) in [6.45, 7) is 0. The Morgan fingerprint density at radius 2 is 2.05 bits per heavy atom. The first-order valence-electron chi connectivity index (χ1n) is 5.64. The first kappa shape index (κ1) is 15.1. The monoisotopic (exact) mass is 447 g/mol. The molecule has 0 heterocycles.